The van der Waals surface area contributed by atoms with Crippen molar-refractivity contribution in [2.45, 2.75) is 165 Å². The van der Waals surface area contributed by atoms with E-state index in [1.165, 1.54) is 44.9 Å². The minimum Gasteiger partial charge on any atom is -0.503 e. The number of imidazole rings is 1. The maximum atomic E-state index is 14.1. The number of carbonyl (C=O) groups is 11. The van der Waals surface area contributed by atoms with Gasteiger partial charge in [-0.3, -0.25) is 57.5 Å². The quantitative estimate of drug-likeness (QED) is 0.0238. The van der Waals surface area contributed by atoms with E-state index in [1.54, 1.807) is 30.3 Å². The second-order valence-corrected chi connectivity index (χ2v) is 25.3. The minimum atomic E-state index is -2.41. The van der Waals surface area contributed by atoms with Crippen molar-refractivity contribution in [3.63, 3.8) is 0 Å². The number of hydrogen-bond donors (Lipinski definition) is 22. The number of rotatable bonds is 37. The van der Waals surface area contributed by atoms with Crippen molar-refractivity contribution >= 4 is 65.0 Å². The van der Waals surface area contributed by atoms with Gasteiger partial charge in [-0.1, -0.05) is 51.1 Å². The molecule has 14 atom stereocenters. The number of aliphatic hydroxyl groups excluding tert-OH is 7. The van der Waals surface area contributed by atoms with E-state index >= 15 is 0 Å². The van der Waals surface area contributed by atoms with E-state index in [4.69, 9.17) is 10.5 Å². The van der Waals surface area contributed by atoms with Gasteiger partial charge in [0.25, 0.3) is 11.8 Å². The maximum Gasteiger partial charge on any atom is 0.254 e. The lowest BCUT2D eigenvalue weighted by atomic mass is 9.85. The average Bonchev–Trinajstić information content (AvgIpc) is 1.33. The van der Waals surface area contributed by atoms with Gasteiger partial charge >= 0.3 is 0 Å². The van der Waals surface area contributed by atoms with Crippen molar-refractivity contribution in [2.75, 3.05) is 47.0 Å². The highest BCUT2D eigenvalue weighted by Crippen LogP contribution is 2.22. The van der Waals surface area contributed by atoms with Crippen LogP contribution in [0.15, 0.2) is 59.9 Å². The summed E-state index contributed by atoms with van der Waals surface area (Å²) in [5.41, 5.74) is -0.581. The van der Waals surface area contributed by atoms with Gasteiger partial charge in [0.05, 0.1) is 73.7 Å². The third-order valence-electron chi connectivity index (χ3n) is 15.3. The molecular formula is C60H93N15O24. The summed E-state index contributed by atoms with van der Waals surface area (Å²) in [7, 11) is 3.57. The number of nitrogens with one attached hydrogen (secondary N) is 10. The molecule has 3 rings (SSSR count). The molecule has 0 fully saturated rings. The number of benzene rings is 1. The molecule has 99 heavy (non-hydrogen) atoms. The molecule has 0 unspecified atom stereocenters. The Bertz CT molecular complexity index is 3350. The van der Waals surface area contributed by atoms with Crippen LogP contribution in [0, 0.1) is 5.41 Å². The highest BCUT2D eigenvalue weighted by atomic mass is 16.5. The number of likely N-dealkylation sites (N-methyl/N-ethyl adjacent to an activating group) is 1. The largest absolute Gasteiger partial charge is 0.503 e. The summed E-state index contributed by atoms with van der Waals surface area (Å²) in [6.07, 6.45) is -8.82. The molecule has 11 amide bonds. The van der Waals surface area contributed by atoms with Gasteiger partial charge in [0.1, 0.15) is 66.6 Å². The van der Waals surface area contributed by atoms with Crippen molar-refractivity contribution in [1.82, 2.24) is 72.3 Å². The van der Waals surface area contributed by atoms with Crippen molar-refractivity contribution in [3.8, 4) is 5.75 Å². The van der Waals surface area contributed by atoms with Crippen LogP contribution in [0.25, 0.3) is 0 Å². The van der Waals surface area contributed by atoms with Crippen LogP contribution in [0.3, 0.4) is 0 Å². The number of amides is 11. The summed E-state index contributed by atoms with van der Waals surface area (Å²) in [6.45, 7) is 4.68. The van der Waals surface area contributed by atoms with Crippen LogP contribution in [0.2, 0.25) is 0 Å². The number of nitrogens with zero attached hydrogens (tertiary/aromatic N) is 4. The maximum absolute atomic E-state index is 14.1. The summed E-state index contributed by atoms with van der Waals surface area (Å²) in [5, 5.41) is 138. The molecule has 0 saturated heterocycles. The Morgan fingerprint density at radius 3 is 1.70 bits per heavy atom. The number of hydrogen-bond acceptors (Lipinski definition) is 26. The molecule has 552 valence electrons. The molecule has 0 saturated carbocycles. The van der Waals surface area contributed by atoms with E-state index in [0.29, 0.717) is 16.5 Å². The zero-order valence-electron chi connectivity index (χ0n) is 56.3. The van der Waals surface area contributed by atoms with Crippen LogP contribution in [0.4, 0.5) is 0 Å². The molecule has 3 aromatic rings. The average molecular weight is 1410 g/mol. The van der Waals surface area contributed by atoms with E-state index < -0.39 is 217 Å². The van der Waals surface area contributed by atoms with Gasteiger partial charge in [-0.15, -0.1) is 0 Å². The SMILES string of the molecule is CO[C@@H](CNC(=O)[C@H](NC(=O)[C@H](O)[C@H](C)O)[C@H](O)c1cncn1C)[C@H](O)[C@H](O)C(=O)N(C)[C@@H](Cc1ccccc1)C(=O)NCC(=O)N[C@H](C(=O)N[C@@H](CO)C(=O)N[C@H](C(=O)N[C@H](C(=O)N[C@@H](CO)C(=O)N[C@@H](CN)C(=O)NCc1cc(=O)c(O)cn1O)C(C)(C)C)C(C)(C)O)C(C)(C)O. The number of carbonyl (C=O) groups excluding carboxylic acids is 11. The summed E-state index contributed by atoms with van der Waals surface area (Å²) in [5.74, 6) is -13.9. The predicted octanol–water partition coefficient (Wildman–Crippen LogP) is -10.4. The van der Waals surface area contributed by atoms with Gasteiger partial charge in [0.15, 0.2) is 18.0 Å². The Hall–Kier alpha value is -9.29. The number of aromatic nitrogens is 3. The second kappa shape index (κ2) is 37.1. The molecule has 1 aromatic carbocycles. The van der Waals surface area contributed by atoms with Crippen LogP contribution < -0.4 is 64.3 Å². The summed E-state index contributed by atoms with van der Waals surface area (Å²) >= 11 is 0. The lowest BCUT2D eigenvalue weighted by Gasteiger charge is -2.36. The monoisotopic (exact) mass is 1410 g/mol. The smallest absolute Gasteiger partial charge is 0.254 e. The first-order valence-corrected chi connectivity index (χ1v) is 30.6. The lowest BCUT2D eigenvalue weighted by molar-refractivity contribution is -0.156. The van der Waals surface area contributed by atoms with Crippen LogP contribution in [-0.4, -0.2) is 277 Å². The minimum absolute atomic E-state index is 0.0182. The summed E-state index contributed by atoms with van der Waals surface area (Å²) in [4.78, 5) is 166. The van der Waals surface area contributed by atoms with Crippen molar-refractivity contribution in [3.05, 3.63) is 82.3 Å². The molecule has 0 aliphatic heterocycles. The van der Waals surface area contributed by atoms with Gasteiger partial charge < -0.3 is 129 Å². The number of methoxy groups -OCH3 is 1. The molecule has 0 spiro atoms. The Morgan fingerprint density at radius 2 is 1.19 bits per heavy atom. The molecule has 0 aliphatic rings. The first-order valence-electron chi connectivity index (χ1n) is 30.6. The Kier molecular flexibility index (Phi) is 31.4. The highest BCUT2D eigenvalue weighted by Gasteiger charge is 2.44. The van der Waals surface area contributed by atoms with Gasteiger partial charge in [-0.2, -0.15) is 4.73 Å². The van der Waals surface area contributed by atoms with Crippen LogP contribution >= 0.6 is 0 Å². The number of pyridine rings is 1. The van der Waals surface area contributed by atoms with E-state index in [-0.39, 0.29) is 17.8 Å². The Balaban J connectivity index is 1.75. The fraction of sp³-hybridized carbons (Fsp3) is 0.583. The van der Waals surface area contributed by atoms with Crippen LogP contribution in [-0.2, 0) is 77.5 Å². The number of nitrogens with two attached hydrogens (primary N) is 1. The normalized spacial score (nSPS) is 16.1. The highest BCUT2D eigenvalue weighted by molar-refractivity contribution is 5.99. The third-order valence-corrected chi connectivity index (χ3v) is 15.3. The Morgan fingerprint density at radius 1 is 0.667 bits per heavy atom. The standard InChI is InChI=1S/C60H93N15O24/c1-28(78)41(82)53(91)70-40(42(83)35-21-62-27-73(35)9)52(90)64-22-38(99-11)43(84)44(85)57(95)74(10)34(17-29-15-13-12-14-16-29)51(89)65-23-39(81)69-46(59(5,6)96)55(93)68-33(26-77)50(88)72-47(60(7,8)97)56(94)71-45(58(2,3)4)54(92)67-32(25-76)49(87)66-31(19-61)48(86)63-20-30-18-36(79)37(80)24-75(30)98/h12-16,18,21,24,27-28,31-34,38,40-47,76-78,80,82-85,96-98H,17,19-20,22-23,25-26,61H2,1-11H3,(H,63,86)(H,64,90)(H,65,89)(H,66,87)(H,67,92)(H,68,93)(H,69,81)(H,70,91)(H,71,94)(H,72,88)/t28-,31-,32-,33-,34-,38-,40+,41+,42+,43-,44-,45+,46+,47+/m0/s1. The fourth-order valence-electron chi connectivity index (χ4n) is 9.33. The zero-order valence-corrected chi connectivity index (χ0v) is 56.3. The van der Waals surface area contributed by atoms with E-state index in [0.717, 1.165) is 59.7 Å². The summed E-state index contributed by atoms with van der Waals surface area (Å²) < 4.78 is 6.96. The van der Waals surface area contributed by atoms with Crippen LogP contribution in [0.1, 0.15) is 78.4 Å². The molecule has 39 nitrogen and oxygen atoms in total. The third kappa shape index (κ3) is 24.3. The van der Waals surface area contributed by atoms with Gasteiger partial charge in [0, 0.05) is 46.8 Å². The fourth-order valence-corrected chi connectivity index (χ4v) is 9.33. The Labute approximate surface area is 567 Å². The number of ether oxygens (including phenoxy) is 1. The molecular weight excluding hydrogens is 1310 g/mol. The van der Waals surface area contributed by atoms with Gasteiger partial charge in [0.2, 0.25) is 58.6 Å². The summed E-state index contributed by atoms with van der Waals surface area (Å²) in [6, 6.07) is -5.71. The van der Waals surface area contributed by atoms with E-state index in [2.05, 4.69) is 58.2 Å². The molecule has 39 heteroatoms. The predicted molar refractivity (Wildman–Crippen MR) is 342 cm³/mol. The first kappa shape index (κ1) is 83.9. The van der Waals surface area contributed by atoms with Crippen molar-refractivity contribution in [2.24, 2.45) is 18.2 Å². The number of aromatic hydroxyl groups is 1. The van der Waals surface area contributed by atoms with Gasteiger partial charge in [-0.25, -0.2) is 4.98 Å². The molecule has 2 aromatic heterocycles. The van der Waals surface area contributed by atoms with E-state index in [9.17, 15) is 114 Å². The molecule has 0 aliphatic carbocycles. The first-order chi connectivity index (χ1) is 45.9. The van der Waals surface area contributed by atoms with E-state index in [1.807, 2.05) is 0 Å². The van der Waals surface area contributed by atoms with Crippen molar-refractivity contribution in [1.29, 1.82) is 0 Å². The molecule has 0 bridgehead atoms. The molecule has 0 radical (unpaired) electrons. The lowest BCUT2D eigenvalue weighted by Crippen LogP contribution is -2.66. The molecule has 2 heterocycles. The second-order valence-electron chi connectivity index (χ2n) is 25.3. The van der Waals surface area contributed by atoms with Crippen LogP contribution in [0.5, 0.6) is 5.75 Å². The zero-order chi connectivity index (χ0) is 75.4. The molecule has 23 N–H and O–H groups in total. The number of aryl methyl sites for hydroxylation is 1. The van der Waals surface area contributed by atoms with Gasteiger partial charge in [-0.05, 0) is 45.6 Å². The topological polar surface area (TPSA) is 609 Å². The number of aliphatic hydroxyl groups is 9. The van der Waals surface area contributed by atoms with Crippen molar-refractivity contribution < 1.29 is 114 Å².